The number of nitrogens with one attached hydrogen (secondary N) is 1. The fourth-order valence-corrected chi connectivity index (χ4v) is 2.28. The highest BCUT2D eigenvalue weighted by Crippen LogP contribution is 2.21. The van der Waals surface area contributed by atoms with Crippen molar-refractivity contribution in [3.05, 3.63) is 58.9 Å². The number of carbonyl (C=O) groups is 1. The summed E-state index contributed by atoms with van der Waals surface area (Å²) in [4.78, 5) is 13.3. The first-order chi connectivity index (χ1) is 9.51. The van der Waals surface area contributed by atoms with Gasteiger partial charge in [-0.2, -0.15) is 0 Å². The summed E-state index contributed by atoms with van der Waals surface area (Å²) >= 11 is 1.58. The lowest BCUT2D eigenvalue weighted by atomic mass is 10.1. The van der Waals surface area contributed by atoms with Crippen LogP contribution in [0.3, 0.4) is 0 Å². The Morgan fingerprint density at radius 1 is 1.10 bits per heavy atom. The van der Waals surface area contributed by atoms with Crippen LogP contribution in [0.25, 0.3) is 0 Å². The van der Waals surface area contributed by atoms with E-state index >= 15 is 0 Å². The van der Waals surface area contributed by atoms with Gasteiger partial charge in [0.15, 0.2) is 0 Å². The van der Waals surface area contributed by atoms with Gasteiger partial charge in [0.25, 0.3) is 5.91 Å². The fourth-order valence-electron chi connectivity index (χ4n) is 1.84. The van der Waals surface area contributed by atoms with Crippen LogP contribution in [-0.2, 0) is 0 Å². The maximum absolute atomic E-state index is 13.5. The van der Waals surface area contributed by atoms with E-state index in [1.807, 2.05) is 31.4 Å². The van der Waals surface area contributed by atoms with Crippen molar-refractivity contribution < 1.29 is 9.18 Å². The van der Waals surface area contributed by atoms with Gasteiger partial charge in [-0.25, -0.2) is 4.39 Å². The summed E-state index contributed by atoms with van der Waals surface area (Å²) in [5.74, 6) is -0.543. The molecule has 4 heteroatoms. The van der Waals surface area contributed by atoms with E-state index in [4.69, 9.17) is 0 Å². The normalized spacial score (nSPS) is 10.4. The third-order valence-corrected chi connectivity index (χ3v) is 3.84. The number of hydrogen-bond donors (Lipinski definition) is 1. The minimum absolute atomic E-state index is 0.221. The van der Waals surface area contributed by atoms with Crippen LogP contribution in [0.2, 0.25) is 0 Å². The molecule has 20 heavy (non-hydrogen) atoms. The highest BCUT2D eigenvalue weighted by molar-refractivity contribution is 7.98. The van der Waals surface area contributed by atoms with E-state index in [0.29, 0.717) is 16.8 Å². The summed E-state index contributed by atoms with van der Waals surface area (Å²) < 4.78 is 13.5. The number of hydrogen-bond acceptors (Lipinski definition) is 2. The Bertz CT molecular complexity index is 655. The van der Waals surface area contributed by atoms with Crippen molar-refractivity contribution in [2.75, 3.05) is 11.6 Å². The molecule has 0 unspecified atom stereocenters. The summed E-state index contributed by atoms with van der Waals surface area (Å²) in [5, 5.41) is 2.73. The van der Waals surface area contributed by atoms with Gasteiger partial charge in [0.05, 0.1) is 0 Å². The average Bonchev–Trinajstić information content (AvgIpc) is 2.43. The predicted octanol–water partition coefficient (Wildman–Crippen LogP) is 4.42. The lowest BCUT2D eigenvalue weighted by Gasteiger charge is -2.09. The van der Waals surface area contributed by atoms with E-state index in [0.717, 1.165) is 10.5 Å². The zero-order valence-corrected chi connectivity index (χ0v) is 12.5. The molecule has 0 heterocycles. The number of halogens is 1. The first-order valence-corrected chi connectivity index (χ1v) is 7.46. The van der Waals surface area contributed by atoms with Gasteiger partial charge < -0.3 is 5.32 Å². The van der Waals surface area contributed by atoms with Gasteiger partial charge in [0, 0.05) is 16.1 Å². The van der Waals surface area contributed by atoms with E-state index in [9.17, 15) is 9.18 Å². The maximum Gasteiger partial charge on any atom is 0.255 e. The molecule has 1 amide bonds. The summed E-state index contributed by atoms with van der Waals surface area (Å²) in [6.45, 7) is 3.57. The Labute approximate surface area is 122 Å². The average molecular weight is 289 g/mol. The Balaban J connectivity index is 2.25. The summed E-state index contributed by atoms with van der Waals surface area (Å²) in [6, 6.07) is 10.4. The summed E-state index contributed by atoms with van der Waals surface area (Å²) in [6.07, 6.45) is 1.96. The Morgan fingerprint density at radius 3 is 2.45 bits per heavy atom. The van der Waals surface area contributed by atoms with Gasteiger partial charge in [-0.1, -0.05) is 12.1 Å². The molecule has 0 bridgehead atoms. The molecule has 1 N–H and O–H groups in total. The standard InChI is InChI=1S/C16H16FNOS/c1-10-5-7-13(20-3)9-14(10)16(19)18-12-6-4-11(2)15(17)8-12/h4-9H,1-3H3,(H,18,19). The van der Waals surface area contributed by atoms with Crippen molar-refractivity contribution in [3.8, 4) is 0 Å². The van der Waals surface area contributed by atoms with E-state index < -0.39 is 0 Å². The van der Waals surface area contributed by atoms with Crippen molar-refractivity contribution in [2.24, 2.45) is 0 Å². The molecule has 2 aromatic carbocycles. The molecule has 0 aliphatic heterocycles. The van der Waals surface area contributed by atoms with E-state index in [1.165, 1.54) is 6.07 Å². The number of carbonyl (C=O) groups excluding carboxylic acids is 1. The zero-order valence-electron chi connectivity index (χ0n) is 11.7. The number of rotatable bonds is 3. The van der Waals surface area contributed by atoms with Crippen LogP contribution in [0.15, 0.2) is 41.3 Å². The Hall–Kier alpha value is -1.81. The predicted molar refractivity (Wildman–Crippen MR) is 82.1 cm³/mol. The molecular formula is C16H16FNOS. The summed E-state index contributed by atoms with van der Waals surface area (Å²) in [5.41, 5.74) is 2.53. The molecule has 2 aromatic rings. The van der Waals surface area contributed by atoms with Crippen LogP contribution in [0.1, 0.15) is 21.5 Å². The topological polar surface area (TPSA) is 29.1 Å². The van der Waals surface area contributed by atoms with Gasteiger partial charge in [0.2, 0.25) is 0 Å². The molecule has 2 rings (SSSR count). The largest absolute Gasteiger partial charge is 0.322 e. The number of aryl methyl sites for hydroxylation is 2. The minimum atomic E-state index is -0.322. The fraction of sp³-hybridized carbons (Fsp3) is 0.188. The number of thioether (sulfide) groups is 1. The second-order valence-electron chi connectivity index (χ2n) is 4.60. The SMILES string of the molecule is CSc1ccc(C)c(C(=O)Nc2ccc(C)c(F)c2)c1. The van der Waals surface area contributed by atoms with E-state index in [1.54, 1.807) is 30.8 Å². The van der Waals surface area contributed by atoms with Gasteiger partial charge in [-0.3, -0.25) is 4.79 Å². The molecule has 0 aliphatic carbocycles. The van der Waals surface area contributed by atoms with Gasteiger partial charge in [-0.05, 0) is 55.5 Å². The summed E-state index contributed by atoms with van der Waals surface area (Å²) in [7, 11) is 0. The van der Waals surface area contributed by atoms with Crippen LogP contribution in [-0.4, -0.2) is 12.2 Å². The van der Waals surface area contributed by atoms with Gasteiger partial charge in [0.1, 0.15) is 5.82 Å². The second kappa shape index (κ2) is 6.09. The van der Waals surface area contributed by atoms with Crippen molar-refractivity contribution in [2.45, 2.75) is 18.7 Å². The number of benzene rings is 2. The highest BCUT2D eigenvalue weighted by atomic mass is 32.2. The third kappa shape index (κ3) is 3.20. The van der Waals surface area contributed by atoms with Crippen molar-refractivity contribution in [3.63, 3.8) is 0 Å². The monoisotopic (exact) mass is 289 g/mol. The Morgan fingerprint density at radius 2 is 1.80 bits per heavy atom. The second-order valence-corrected chi connectivity index (χ2v) is 5.48. The first kappa shape index (κ1) is 14.6. The molecule has 0 spiro atoms. The van der Waals surface area contributed by atoms with Crippen LogP contribution in [0, 0.1) is 19.7 Å². The Kier molecular flexibility index (Phi) is 4.45. The van der Waals surface area contributed by atoms with Crippen molar-refractivity contribution in [1.29, 1.82) is 0 Å². The zero-order chi connectivity index (χ0) is 14.7. The molecule has 0 atom stereocenters. The molecule has 0 aromatic heterocycles. The smallest absolute Gasteiger partial charge is 0.255 e. The number of anilines is 1. The van der Waals surface area contributed by atoms with Crippen LogP contribution < -0.4 is 5.32 Å². The third-order valence-electron chi connectivity index (χ3n) is 3.12. The molecule has 0 saturated carbocycles. The lowest BCUT2D eigenvalue weighted by molar-refractivity contribution is 0.102. The van der Waals surface area contributed by atoms with Crippen molar-refractivity contribution in [1.82, 2.24) is 0 Å². The van der Waals surface area contributed by atoms with Gasteiger partial charge >= 0.3 is 0 Å². The van der Waals surface area contributed by atoms with Crippen LogP contribution in [0.5, 0.6) is 0 Å². The van der Waals surface area contributed by atoms with E-state index in [2.05, 4.69) is 5.32 Å². The molecule has 0 aliphatic rings. The molecule has 2 nitrogen and oxygen atoms in total. The van der Waals surface area contributed by atoms with Crippen LogP contribution in [0.4, 0.5) is 10.1 Å². The molecule has 104 valence electrons. The minimum Gasteiger partial charge on any atom is -0.322 e. The van der Waals surface area contributed by atoms with E-state index in [-0.39, 0.29) is 11.7 Å². The lowest BCUT2D eigenvalue weighted by Crippen LogP contribution is -2.13. The quantitative estimate of drug-likeness (QED) is 0.848. The van der Waals surface area contributed by atoms with Crippen LogP contribution >= 0.6 is 11.8 Å². The first-order valence-electron chi connectivity index (χ1n) is 6.23. The molecule has 0 fully saturated rings. The van der Waals surface area contributed by atoms with Gasteiger partial charge in [-0.15, -0.1) is 11.8 Å². The molecule has 0 saturated heterocycles. The number of amides is 1. The maximum atomic E-state index is 13.5. The highest BCUT2D eigenvalue weighted by Gasteiger charge is 2.11. The molecular weight excluding hydrogens is 273 g/mol. The van der Waals surface area contributed by atoms with Crippen molar-refractivity contribution >= 4 is 23.4 Å². The molecule has 0 radical (unpaired) electrons.